The molecule has 56 heavy (non-hydrogen) atoms. The van der Waals surface area contributed by atoms with Crippen LogP contribution < -0.4 is 15.5 Å². The summed E-state index contributed by atoms with van der Waals surface area (Å²) < 4.78 is 33.7. The number of nitrogens with one attached hydrogen (secondary N) is 3. The van der Waals surface area contributed by atoms with Crippen molar-refractivity contribution in [2.75, 3.05) is 24.9 Å². The highest BCUT2D eigenvalue weighted by molar-refractivity contribution is 7.59. The highest BCUT2D eigenvalue weighted by Crippen LogP contribution is 2.42. The SMILES string of the molecule is CCCCCCCCCCCC(=O)Nc1ncnc2c1ncn2C[C@@H](C)OCP(=O)(NC(C)(C)C(=O)OCCCCCC)NC(C)(C)C(=O)OCCCCCC. The van der Waals surface area contributed by atoms with Crippen LogP contribution in [0.1, 0.15) is 171 Å². The lowest BCUT2D eigenvalue weighted by Crippen LogP contribution is -2.54. The van der Waals surface area contributed by atoms with E-state index in [0.29, 0.717) is 23.4 Å². The Morgan fingerprint density at radius 1 is 0.714 bits per heavy atom. The standard InChI is InChI=1S/C41H74N7O7P/c1-9-12-15-18-19-20-21-22-23-26-34(49)45-36-35-37(43-30-42-36)48(31-44-35)29-33(4)55-32-56(52,46-40(5,6)38(50)53-27-24-16-13-10-2)47-41(7,8)39(51)54-28-25-17-14-11-3/h30-31,33H,9-29,32H2,1-8H3,(H2,46,47,52)(H,42,43,45,49)/t33-/m1/s1. The van der Waals surface area contributed by atoms with Gasteiger partial charge >= 0.3 is 11.9 Å². The highest BCUT2D eigenvalue weighted by atomic mass is 31.2. The number of aromatic nitrogens is 4. The van der Waals surface area contributed by atoms with Gasteiger partial charge in [-0.15, -0.1) is 0 Å². The van der Waals surface area contributed by atoms with Crippen molar-refractivity contribution in [3.63, 3.8) is 0 Å². The number of carbonyl (C=O) groups excluding carboxylic acids is 3. The Balaban J connectivity index is 2.08. The fourth-order valence-corrected chi connectivity index (χ4v) is 8.93. The van der Waals surface area contributed by atoms with Gasteiger partial charge in [0.15, 0.2) is 17.0 Å². The number of amides is 1. The summed E-state index contributed by atoms with van der Waals surface area (Å²) in [7, 11) is -3.83. The van der Waals surface area contributed by atoms with E-state index < -0.39 is 36.6 Å². The van der Waals surface area contributed by atoms with Gasteiger partial charge in [0.05, 0.1) is 32.2 Å². The van der Waals surface area contributed by atoms with Crippen molar-refractivity contribution in [2.45, 2.75) is 195 Å². The summed E-state index contributed by atoms with van der Waals surface area (Å²) in [5.74, 6) is -0.872. The molecule has 2 rings (SSSR count). The summed E-state index contributed by atoms with van der Waals surface area (Å²) in [5.41, 5.74) is -1.77. The quantitative estimate of drug-likeness (QED) is 0.0364. The van der Waals surface area contributed by atoms with Crippen LogP contribution in [0.3, 0.4) is 0 Å². The van der Waals surface area contributed by atoms with E-state index in [0.717, 1.165) is 70.6 Å². The van der Waals surface area contributed by atoms with Crippen LogP contribution in [0.2, 0.25) is 0 Å². The molecule has 2 aromatic rings. The molecular formula is C41H74N7O7P. The Morgan fingerprint density at radius 2 is 1.20 bits per heavy atom. The summed E-state index contributed by atoms with van der Waals surface area (Å²) >= 11 is 0. The van der Waals surface area contributed by atoms with Crippen molar-refractivity contribution in [1.29, 1.82) is 0 Å². The van der Waals surface area contributed by atoms with Crippen molar-refractivity contribution in [2.24, 2.45) is 0 Å². The number of unbranched alkanes of at least 4 members (excludes halogenated alkanes) is 14. The summed E-state index contributed by atoms with van der Waals surface area (Å²) in [6.07, 6.45) is 20.7. The number of nitrogens with zero attached hydrogens (tertiary/aromatic N) is 4. The van der Waals surface area contributed by atoms with E-state index >= 15 is 0 Å². The molecule has 2 heterocycles. The van der Waals surface area contributed by atoms with E-state index in [9.17, 15) is 18.9 Å². The van der Waals surface area contributed by atoms with Crippen LogP contribution in [0.4, 0.5) is 5.82 Å². The highest BCUT2D eigenvalue weighted by Gasteiger charge is 2.43. The topological polar surface area (TPSA) is 176 Å². The van der Waals surface area contributed by atoms with Crippen LogP contribution in [0.25, 0.3) is 11.2 Å². The molecule has 2 aromatic heterocycles. The number of rotatable bonds is 32. The van der Waals surface area contributed by atoms with E-state index in [-0.39, 0.29) is 32.0 Å². The number of fused-ring (bicyclic) bond motifs is 1. The van der Waals surface area contributed by atoms with Gasteiger partial charge in [-0.2, -0.15) is 0 Å². The summed E-state index contributed by atoms with van der Waals surface area (Å²) in [6, 6.07) is 0. The van der Waals surface area contributed by atoms with Crippen molar-refractivity contribution < 1.29 is 33.2 Å². The second-order valence-corrected chi connectivity index (χ2v) is 18.3. The van der Waals surface area contributed by atoms with Gasteiger partial charge in [-0.05, 0) is 53.9 Å². The van der Waals surface area contributed by atoms with Crippen molar-refractivity contribution in [3.05, 3.63) is 12.7 Å². The molecular weight excluding hydrogens is 733 g/mol. The number of imidazole rings is 1. The van der Waals surface area contributed by atoms with Crippen LogP contribution in [0.15, 0.2) is 12.7 Å². The number of anilines is 1. The molecule has 0 saturated heterocycles. The maximum atomic E-state index is 14.7. The molecule has 0 fully saturated rings. The molecule has 0 spiro atoms. The van der Waals surface area contributed by atoms with Crippen LogP contribution in [0.5, 0.6) is 0 Å². The minimum absolute atomic E-state index is 0.110. The zero-order valence-electron chi connectivity index (χ0n) is 35.9. The average Bonchev–Trinajstić information content (AvgIpc) is 3.55. The lowest BCUT2D eigenvalue weighted by Gasteiger charge is -2.35. The lowest BCUT2D eigenvalue weighted by atomic mass is 10.1. The summed E-state index contributed by atoms with van der Waals surface area (Å²) in [5, 5.41) is 8.85. The van der Waals surface area contributed by atoms with E-state index in [2.05, 4.69) is 51.2 Å². The zero-order chi connectivity index (χ0) is 41.5. The molecule has 1 atom stereocenters. The number of hydrogen-bond donors (Lipinski definition) is 3. The fourth-order valence-electron chi connectivity index (χ4n) is 6.29. The first-order chi connectivity index (χ1) is 26.7. The van der Waals surface area contributed by atoms with Gasteiger partial charge in [-0.25, -0.2) is 25.1 Å². The Morgan fingerprint density at radius 3 is 1.71 bits per heavy atom. The van der Waals surface area contributed by atoms with E-state index in [1.165, 1.54) is 44.9 Å². The van der Waals surface area contributed by atoms with Gasteiger partial charge in [0.2, 0.25) is 13.4 Å². The predicted octanol–water partition coefficient (Wildman–Crippen LogP) is 9.22. The smallest absolute Gasteiger partial charge is 0.326 e. The van der Waals surface area contributed by atoms with Crippen LogP contribution in [-0.2, 0) is 39.7 Å². The van der Waals surface area contributed by atoms with Gasteiger partial charge in [0.1, 0.15) is 23.8 Å². The van der Waals surface area contributed by atoms with Gasteiger partial charge < -0.3 is 24.1 Å². The van der Waals surface area contributed by atoms with E-state index in [1.807, 2.05) is 6.92 Å². The van der Waals surface area contributed by atoms with Gasteiger partial charge in [-0.3, -0.25) is 18.9 Å². The normalized spacial score (nSPS) is 12.9. The number of ether oxygens (including phenoxy) is 3. The number of carbonyl (C=O) groups is 3. The van der Waals surface area contributed by atoms with Gasteiger partial charge in [0.25, 0.3) is 0 Å². The van der Waals surface area contributed by atoms with Crippen LogP contribution in [0, 0.1) is 0 Å². The minimum Gasteiger partial charge on any atom is -0.464 e. The fraction of sp³-hybridized carbons (Fsp3) is 0.805. The Bertz CT molecular complexity index is 1460. The van der Waals surface area contributed by atoms with E-state index in [1.54, 1.807) is 38.6 Å². The molecule has 15 heteroatoms. The minimum atomic E-state index is -3.83. The second kappa shape index (κ2) is 26.1. The summed E-state index contributed by atoms with van der Waals surface area (Å²) in [4.78, 5) is 52.3. The third kappa shape index (κ3) is 18.6. The molecule has 0 unspecified atom stereocenters. The third-order valence-corrected chi connectivity index (χ3v) is 11.9. The molecule has 320 valence electrons. The predicted molar refractivity (Wildman–Crippen MR) is 223 cm³/mol. The number of esters is 2. The molecule has 0 saturated carbocycles. The average molecular weight is 808 g/mol. The Labute approximate surface area is 336 Å². The zero-order valence-corrected chi connectivity index (χ0v) is 36.8. The first-order valence-electron chi connectivity index (χ1n) is 21.3. The first-order valence-corrected chi connectivity index (χ1v) is 23.2. The van der Waals surface area contributed by atoms with E-state index in [4.69, 9.17) is 14.2 Å². The van der Waals surface area contributed by atoms with Crippen molar-refractivity contribution in [3.8, 4) is 0 Å². The molecule has 0 aliphatic rings. The van der Waals surface area contributed by atoms with Crippen LogP contribution in [-0.4, -0.2) is 74.1 Å². The molecule has 0 bridgehead atoms. The second-order valence-electron chi connectivity index (χ2n) is 16.1. The Kier molecular flexibility index (Phi) is 23.0. The summed E-state index contributed by atoms with van der Waals surface area (Å²) in [6.45, 7) is 15.5. The maximum Gasteiger partial charge on any atom is 0.326 e. The lowest BCUT2D eigenvalue weighted by molar-refractivity contribution is -0.149. The molecule has 1 amide bonds. The molecule has 14 nitrogen and oxygen atoms in total. The van der Waals surface area contributed by atoms with Gasteiger partial charge in [0, 0.05) is 6.42 Å². The largest absolute Gasteiger partial charge is 0.464 e. The Hall–Kier alpha value is -2.93. The molecule has 3 N–H and O–H groups in total. The van der Waals surface area contributed by atoms with Crippen LogP contribution >= 0.6 is 7.44 Å². The van der Waals surface area contributed by atoms with Crippen molar-refractivity contribution in [1.82, 2.24) is 29.7 Å². The molecule has 0 aliphatic heterocycles. The monoisotopic (exact) mass is 808 g/mol. The maximum absolute atomic E-state index is 14.7. The first kappa shape index (κ1) is 49.2. The van der Waals surface area contributed by atoms with Gasteiger partial charge in [-0.1, -0.05) is 111 Å². The molecule has 0 radical (unpaired) electrons. The molecule has 0 aliphatic carbocycles. The van der Waals surface area contributed by atoms with Crippen molar-refractivity contribution >= 4 is 42.3 Å². The number of hydrogen-bond acceptors (Lipinski definition) is 10. The third-order valence-electron chi connectivity index (χ3n) is 9.56. The molecule has 0 aromatic carbocycles.